The van der Waals surface area contributed by atoms with E-state index in [2.05, 4.69) is 10.3 Å². The van der Waals surface area contributed by atoms with E-state index in [9.17, 15) is 9.59 Å². The number of para-hydroxylation sites is 1. The topological polar surface area (TPSA) is 61.8 Å². The molecule has 0 fully saturated rings. The summed E-state index contributed by atoms with van der Waals surface area (Å²) in [7, 11) is 1.69. The van der Waals surface area contributed by atoms with E-state index in [0.29, 0.717) is 22.2 Å². The maximum Gasteiger partial charge on any atom is 0.272 e. The number of benzene rings is 2. The number of aliphatic imine (C=N–C) groups is 1. The number of amides is 2. The number of carbonyl (C=O) groups excluding carboxylic acids is 2. The van der Waals surface area contributed by atoms with Crippen molar-refractivity contribution >= 4 is 46.4 Å². The van der Waals surface area contributed by atoms with Gasteiger partial charge in [0.15, 0.2) is 0 Å². The highest BCUT2D eigenvalue weighted by Gasteiger charge is 2.30. The molecule has 0 saturated carbocycles. The van der Waals surface area contributed by atoms with Crippen LogP contribution in [0.4, 0.5) is 5.69 Å². The summed E-state index contributed by atoms with van der Waals surface area (Å²) in [5.41, 5.74) is 3.25. The molecule has 0 bridgehead atoms. The molecule has 7 heteroatoms. The van der Waals surface area contributed by atoms with Gasteiger partial charge in [-0.3, -0.25) is 14.6 Å². The summed E-state index contributed by atoms with van der Waals surface area (Å²) in [6.45, 7) is 3.64. The zero-order valence-electron chi connectivity index (χ0n) is 15.9. The van der Waals surface area contributed by atoms with Gasteiger partial charge in [-0.15, -0.1) is 0 Å². The van der Waals surface area contributed by atoms with Gasteiger partial charge in [0.2, 0.25) is 12.1 Å². The Morgan fingerprint density at radius 1 is 1.21 bits per heavy atom. The van der Waals surface area contributed by atoms with E-state index in [-0.39, 0.29) is 17.7 Å². The average molecular weight is 418 g/mol. The molecule has 0 aromatic heterocycles. The molecule has 3 rings (SSSR count). The van der Waals surface area contributed by atoms with E-state index >= 15 is 0 Å². The van der Waals surface area contributed by atoms with Crippen molar-refractivity contribution in [3.05, 3.63) is 63.6 Å². The molecule has 1 aliphatic heterocycles. The summed E-state index contributed by atoms with van der Waals surface area (Å²) < 4.78 is 0. The van der Waals surface area contributed by atoms with Crippen LogP contribution in [-0.4, -0.2) is 30.7 Å². The second kappa shape index (κ2) is 8.33. The molecule has 1 heterocycles. The van der Waals surface area contributed by atoms with Gasteiger partial charge >= 0.3 is 0 Å². The van der Waals surface area contributed by atoms with Crippen molar-refractivity contribution in [2.45, 2.75) is 26.4 Å². The van der Waals surface area contributed by atoms with E-state index in [1.54, 1.807) is 26.1 Å². The zero-order chi connectivity index (χ0) is 20.4. The Bertz CT molecular complexity index is 958. The van der Waals surface area contributed by atoms with Crippen molar-refractivity contribution in [3.8, 4) is 0 Å². The Hall–Kier alpha value is -2.37. The molecule has 5 nitrogen and oxygen atoms in total. The lowest BCUT2D eigenvalue weighted by Crippen LogP contribution is -2.47. The largest absolute Gasteiger partial charge is 0.326 e. The number of nitrogens with one attached hydrogen (secondary N) is 1. The van der Waals surface area contributed by atoms with Crippen molar-refractivity contribution in [3.63, 3.8) is 0 Å². The van der Waals surface area contributed by atoms with Crippen LogP contribution in [0.1, 0.15) is 25.0 Å². The quantitative estimate of drug-likeness (QED) is 0.813. The van der Waals surface area contributed by atoms with E-state index in [4.69, 9.17) is 23.2 Å². The maximum atomic E-state index is 12.8. The fourth-order valence-corrected chi connectivity index (χ4v) is 3.50. The third-order valence-corrected chi connectivity index (χ3v) is 5.53. The number of hydrogen-bond donors (Lipinski definition) is 1. The molecule has 0 radical (unpaired) electrons. The fraction of sp³-hybridized carbons (Fsp3) is 0.286. The summed E-state index contributed by atoms with van der Waals surface area (Å²) in [4.78, 5) is 31.5. The van der Waals surface area contributed by atoms with Gasteiger partial charge in [-0.2, -0.15) is 0 Å². The van der Waals surface area contributed by atoms with Gasteiger partial charge in [-0.1, -0.05) is 54.4 Å². The maximum absolute atomic E-state index is 12.8. The number of rotatable bonds is 4. The van der Waals surface area contributed by atoms with Gasteiger partial charge in [-0.25, -0.2) is 0 Å². The number of nitrogens with zero attached hydrogens (tertiary/aromatic N) is 2. The molecule has 0 saturated heterocycles. The Balaban J connectivity index is 1.75. The van der Waals surface area contributed by atoms with Crippen molar-refractivity contribution in [1.29, 1.82) is 0 Å². The molecule has 0 spiro atoms. The molecule has 2 aromatic rings. The third-order valence-electron chi connectivity index (χ3n) is 4.79. The Labute approximate surface area is 174 Å². The Morgan fingerprint density at radius 3 is 2.64 bits per heavy atom. The second-order valence-electron chi connectivity index (χ2n) is 6.89. The van der Waals surface area contributed by atoms with Gasteiger partial charge in [-0.05, 0) is 37.1 Å². The van der Waals surface area contributed by atoms with Crippen LogP contribution in [0.3, 0.4) is 0 Å². The summed E-state index contributed by atoms with van der Waals surface area (Å²) >= 11 is 12.0. The highest BCUT2D eigenvalue weighted by atomic mass is 35.5. The van der Waals surface area contributed by atoms with Gasteiger partial charge in [0.05, 0.1) is 15.7 Å². The van der Waals surface area contributed by atoms with Gasteiger partial charge in [0.25, 0.3) is 5.91 Å². The molecule has 1 N–H and O–H groups in total. The SMILES string of the molecule is CC1=NC(NC(=O)C(C)Cc2ccc(Cl)c(Cl)c2)C(=O)N(C)c2ccccc21. The number of benzodiazepines with no additional fused rings is 1. The van der Waals surface area contributed by atoms with E-state index in [0.717, 1.165) is 16.8 Å². The third kappa shape index (κ3) is 4.21. The minimum Gasteiger partial charge on any atom is -0.326 e. The standard InChI is InChI=1S/C21H21Cl2N3O2/c1-12(10-14-8-9-16(22)17(23)11-14)20(27)25-19-21(28)26(3)18-7-5-4-6-15(18)13(2)24-19/h4-9,11-12,19H,10H2,1-3H3,(H,25,27). The number of carbonyl (C=O) groups is 2. The minimum absolute atomic E-state index is 0.250. The molecule has 28 heavy (non-hydrogen) atoms. The lowest BCUT2D eigenvalue weighted by Gasteiger charge is -2.22. The monoisotopic (exact) mass is 417 g/mol. The summed E-state index contributed by atoms with van der Waals surface area (Å²) in [6.07, 6.45) is -0.483. The van der Waals surface area contributed by atoms with Crippen molar-refractivity contribution in [2.24, 2.45) is 10.9 Å². The van der Waals surface area contributed by atoms with Crippen molar-refractivity contribution in [2.75, 3.05) is 11.9 Å². The highest BCUT2D eigenvalue weighted by molar-refractivity contribution is 6.42. The lowest BCUT2D eigenvalue weighted by molar-refractivity contribution is -0.129. The number of fused-ring (bicyclic) bond motifs is 1. The first-order chi connectivity index (χ1) is 13.3. The van der Waals surface area contributed by atoms with Gasteiger partial charge in [0.1, 0.15) is 0 Å². The highest BCUT2D eigenvalue weighted by Crippen LogP contribution is 2.25. The van der Waals surface area contributed by atoms with Crippen LogP contribution >= 0.6 is 23.2 Å². The van der Waals surface area contributed by atoms with Crippen LogP contribution in [0.5, 0.6) is 0 Å². The first-order valence-corrected chi connectivity index (χ1v) is 9.69. The van der Waals surface area contributed by atoms with Crippen LogP contribution in [0.25, 0.3) is 0 Å². The number of hydrogen-bond acceptors (Lipinski definition) is 3. The molecule has 2 amide bonds. The Morgan fingerprint density at radius 2 is 1.93 bits per heavy atom. The molecule has 2 unspecified atom stereocenters. The van der Waals surface area contributed by atoms with Crippen LogP contribution < -0.4 is 10.2 Å². The van der Waals surface area contributed by atoms with Crippen LogP contribution in [0.15, 0.2) is 47.5 Å². The zero-order valence-corrected chi connectivity index (χ0v) is 17.4. The van der Waals surface area contributed by atoms with Crippen LogP contribution in [0.2, 0.25) is 10.0 Å². The molecular formula is C21H21Cl2N3O2. The molecule has 2 aromatic carbocycles. The van der Waals surface area contributed by atoms with E-state index in [1.165, 1.54) is 4.90 Å². The second-order valence-corrected chi connectivity index (χ2v) is 7.71. The predicted octanol–water partition coefficient (Wildman–Crippen LogP) is 4.10. The summed E-state index contributed by atoms with van der Waals surface area (Å²) in [5, 5.41) is 3.69. The number of halogens is 2. The minimum atomic E-state index is -0.957. The van der Waals surface area contributed by atoms with Gasteiger partial charge in [0, 0.05) is 24.2 Å². The first-order valence-electron chi connectivity index (χ1n) is 8.93. The molecule has 2 atom stereocenters. The predicted molar refractivity (Wildman–Crippen MR) is 113 cm³/mol. The van der Waals surface area contributed by atoms with Crippen LogP contribution in [0, 0.1) is 5.92 Å². The summed E-state index contributed by atoms with van der Waals surface area (Å²) in [5.74, 6) is -0.892. The van der Waals surface area contributed by atoms with Gasteiger partial charge < -0.3 is 10.2 Å². The van der Waals surface area contributed by atoms with Crippen molar-refractivity contribution < 1.29 is 9.59 Å². The molecule has 1 aliphatic rings. The molecule has 146 valence electrons. The van der Waals surface area contributed by atoms with E-state index in [1.807, 2.05) is 37.3 Å². The summed E-state index contributed by atoms with van der Waals surface area (Å²) in [6, 6.07) is 12.8. The molecular weight excluding hydrogens is 397 g/mol. The van der Waals surface area contributed by atoms with Crippen molar-refractivity contribution in [1.82, 2.24) is 5.32 Å². The van der Waals surface area contributed by atoms with E-state index < -0.39 is 6.17 Å². The Kier molecular flexibility index (Phi) is 6.06. The first kappa shape index (κ1) is 20.4. The normalized spacial score (nSPS) is 17.5. The smallest absolute Gasteiger partial charge is 0.272 e. The van der Waals surface area contributed by atoms with Crippen LogP contribution in [-0.2, 0) is 16.0 Å². The number of likely N-dealkylation sites (N-methyl/N-ethyl adjacent to an activating group) is 1. The lowest BCUT2D eigenvalue weighted by atomic mass is 10.0. The average Bonchev–Trinajstić information content (AvgIpc) is 2.76. The molecule has 0 aliphatic carbocycles. The number of anilines is 1. The fourth-order valence-electron chi connectivity index (χ4n) is 3.18.